The Labute approximate surface area is 107 Å². The lowest BCUT2D eigenvalue weighted by molar-refractivity contribution is -0.0761. The number of hydrogen-bond donors (Lipinski definition) is 0. The van der Waals surface area contributed by atoms with Crippen LogP contribution in [0, 0.1) is 5.92 Å². The first kappa shape index (κ1) is 11.9. The fourth-order valence-corrected chi connectivity index (χ4v) is 2.79. The number of ether oxygens (including phenoxy) is 2. The van der Waals surface area contributed by atoms with E-state index in [1.807, 2.05) is 0 Å². The Hall–Kier alpha value is -1.14. The Morgan fingerprint density at radius 1 is 1.72 bits per heavy atom. The molecule has 1 aromatic heterocycles. The Bertz CT molecular complexity index is 537. The van der Waals surface area contributed by atoms with Gasteiger partial charge >= 0.3 is 6.01 Å². The van der Waals surface area contributed by atoms with Crippen molar-refractivity contribution in [1.29, 1.82) is 0 Å². The number of alkyl halides is 2. The van der Waals surface area contributed by atoms with E-state index in [9.17, 15) is 9.18 Å². The van der Waals surface area contributed by atoms with E-state index in [0.717, 1.165) is 0 Å². The number of hydrogen-bond acceptors (Lipinski definition) is 4. The van der Waals surface area contributed by atoms with Crippen molar-refractivity contribution < 1.29 is 13.9 Å². The minimum Gasteiger partial charge on any atom is -0.461 e. The summed E-state index contributed by atoms with van der Waals surface area (Å²) in [5, 5.41) is 0. The van der Waals surface area contributed by atoms with Crippen molar-refractivity contribution in [3.05, 3.63) is 22.6 Å². The molecule has 2 aliphatic rings. The average Bonchev–Trinajstić information content (AvgIpc) is 2.54. The third-order valence-corrected chi connectivity index (χ3v) is 4.14. The van der Waals surface area contributed by atoms with Crippen LogP contribution in [-0.4, -0.2) is 33.8 Å². The summed E-state index contributed by atoms with van der Waals surface area (Å²) >= 11 is 5.91. The topological polar surface area (TPSA) is 53.4 Å². The molecule has 1 unspecified atom stereocenters. The monoisotopic (exact) mass is 274 g/mol. The van der Waals surface area contributed by atoms with E-state index in [1.165, 1.54) is 16.8 Å². The largest absolute Gasteiger partial charge is 0.461 e. The molecule has 5 nitrogen and oxygen atoms in total. The van der Waals surface area contributed by atoms with E-state index in [0.29, 0.717) is 0 Å². The molecule has 0 spiro atoms. The van der Waals surface area contributed by atoms with E-state index in [1.54, 1.807) is 6.92 Å². The zero-order chi connectivity index (χ0) is 12.9. The zero-order valence-electron chi connectivity index (χ0n) is 9.68. The van der Waals surface area contributed by atoms with E-state index in [2.05, 4.69) is 4.98 Å². The molecule has 0 aliphatic carbocycles. The van der Waals surface area contributed by atoms with Gasteiger partial charge in [0.2, 0.25) is 0 Å². The summed E-state index contributed by atoms with van der Waals surface area (Å²) in [6.45, 7) is 1.84. The summed E-state index contributed by atoms with van der Waals surface area (Å²) in [5.41, 5.74) is -1.30. The van der Waals surface area contributed by atoms with E-state index in [4.69, 9.17) is 21.1 Å². The lowest BCUT2D eigenvalue weighted by Crippen LogP contribution is -2.44. The van der Waals surface area contributed by atoms with Crippen molar-refractivity contribution in [2.24, 2.45) is 5.92 Å². The molecular weight excluding hydrogens is 263 g/mol. The molecule has 2 aliphatic heterocycles. The third kappa shape index (κ3) is 1.48. The minimum atomic E-state index is -1.21. The molecule has 0 radical (unpaired) electrons. The summed E-state index contributed by atoms with van der Waals surface area (Å²) in [7, 11) is 0. The molecule has 1 fully saturated rings. The number of rotatable bonds is 1. The van der Waals surface area contributed by atoms with Gasteiger partial charge in [0.1, 0.15) is 12.2 Å². The van der Waals surface area contributed by atoms with Crippen LogP contribution in [0.2, 0.25) is 0 Å². The Balaban J connectivity index is 2.11. The standard InChI is InChI=1S/C11H12ClFN2O3/c1-6-8(13)9-15-3-2-7(16)14-10(15)17-5-11(6,4-12)18-9/h2-3,6,8-9H,4-5H2,1H3/t6-,8-,9?,11+/m0/s1. The first-order valence-electron chi connectivity index (χ1n) is 5.67. The highest BCUT2D eigenvalue weighted by molar-refractivity contribution is 6.18. The van der Waals surface area contributed by atoms with Gasteiger partial charge in [-0.05, 0) is 0 Å². The maximum absolute atomic E-state index is 14.3. The summed E-state index contributed by atoms with van der Waals surface area (Å²) in [6, 6.07) is 1.33. The zero-order valence-corrected chi connectivity index (χ0v) is 10.4. The van der Waals surface area contributed by atoms with Crippen molar-refractivity contribution in [3.8, 4) is 6.01 Å². The van der Waals surface area contributed by atoms with E-state index in [-0.39, 0.29) is 24.4 Å². The lowest BCUT2D eigenvalue weighted by Gasteiger charge is -2.28. The van der Waals surface area contributed by atoms with Crippen LogP contribution in [0.25, 0.3) is 0 Å². The Kier molecular flexibility index (Phi) is 2.60. The van der Waals surface area contributed by atoms with Crippen LogP contribution in [0.15, 0.2) is 17.1 Å². The number of halogens is 2. The van der Waals surface area contributed by atoms with Crippen molar-refractivity contribution in [3.63, 3.8) is 0 Å². The third-order valence-electron chi connectivity index (χ3n) is 3.69. The van der Waals surface area contributed by atoms with Crippen LogP contribution in [0.5, 0.6) is 6.01 Å². The summed E-state index contributed by atoms with van der Waals surface area (Å²) in [5.74, 6) is -0.253. The van der Waals surface area contributed by atoms with Gasteiger partial charge in [0.15, 0.2) is 12.4 Å². The van der Waals surface area contributed by atoms with Crippen molar-refractivity contribution in [2.75, 3.05) is 12.5 Å². The molecule has 3 heterocycles. The second-order valence-electron chi connectivity index (χ2n) is 4.68. The summed E-state index contributed by atoms with van der Waals surface area (Å²) < 4.78 is 26.9. The molecule has 4 atom stereocenters. The van der Waals surface area contributed by atoms with Crippen LogP contribution in [-0.2, 0) is 4.74 Å². The molecule has 0 N–H and O–H groups in total. The minimum absolute atomic E-state index is 0.0778. The lowest BCUT2D eigenvalue weighted by atomic mass is 9.89. The molecule has 2 bridgehead atoms. The van der Waals surface area contributed by atoms with E-state index < -0.39 is 23.6 Å². The van der Waals surface area contributed by atoms with Crippen LogP contribution < -0.4 is 10.3 Å². The molecule has 1 saturated heterocycles. The highest BCUT2D eigenvalue weighted by Gasteiger charge is 2.56. The first-order chi connectivity index (χ1) is 8.57. The van der Waals surface area contributed by atoms with Gasteiger partial charge in [-0.25, -0.2) is 4.39 Å². The highest BCUT2D eigenvalue weighted by atomic mass is 35.5. The fraction of sp³-hybridized carbons (Fsp3) is 0.636. The van der Waals surface area contributed by atoms with Gasteiger partial charge < -0.3 is 9.47 Å². The number of nitrogens with zero attached hydrogens (tertiary/aromatic N) is 2. The molecule has 7 heteroatoms. The van der Waals surface area contributed by atoms with E-state index >= 15 is 0 Å². The second kappa shape index (κ2) is 3.93. The molecule has 0 aromatic carbocycles. The van der Waals surface area contributed by atoms with Gasteiger partial charge in [-0.15, -0.1) is 11.6 Å². The maximum atomic E-state index is 14.3. The van der Waals surface area contributed by atoms with Crippen LogP contribution in [0.3, 0.4) is 0 Å². The predicted molar refractivity (Wildman–Crippen MR) is 61.6 cm³/mol. The highest BCUT2D eigenvalue weighted by Crippen LogP contribution is 2.46. The first-order valence-corrected chi connectivity index (χ1v) is 6.21. The maximum Gasteiger partial charge on any atom is 0.302 e. The van der Waals surface area contributed by atoms with Crippen molar-refractivity contribution in [1.82, 2.24) is 9.55 Å². The van der Waals surface area contributed by atoms with Gasteiger partial charge in [0.25, 0.3) is 5.56 Å². The van der Waals surface area contributed by atoms with Crippen molar-refractivity contribution >= 4 is 11.6 Å². The van der Waals surface area contributed by atoms with Gasteiger partial charge in [0.05, 0.1) is 5.88 Å². The van der Waals surface area contributed by atoms with Gasteiger partial charge in [-0.1, -0.05) is 6.92 Å². The van der Waals surface area contributed by atoms with Gasteiger partial charge in [-0.2, -0.15) is 4.98 Å². The normalized spacial score (nSPS) is 37.8. The summed E-state index contributed by atoms with van der Waals surface area (Å²) in [4.78, 5) is 14.9. The van der Waals surface area contributed by atoms with Crippen LogP contribution in [0.1, 0.15) is 13.2 Å². The number of aromatic nitrogens is 2. The Morgan fingerprint density at radius 3 is 3.22 bits per heavy atom. The quantitative estimate of drug-likeness (QED) is 0.720. The molecule has 98 valence electrons. The second-order valence-corrected chi connectivity index (χ2v) is 4.95. The Morgan fingerprint density at radius 2 is 2.50 bits per heavy atom. The molecule has 18 heavy (non-hydrogen) atoms. The predicted octanol–water partition coefficient (Wildman–Crippen LogP) is 1.12. The van der Waals surface area contributed by atoms with Gasteiger partial charge in [0, 0.05) is 18.2 Å². The van der Waals surface area contributed by atoms with Crippen molar-refractivity contribution in [2.45, 2.75) is 24.9 Å². The fourth-order valence-electron chi connectivity index (χ4n) is 2.40. The molecule has 0 amide bonds. The van der Waals surface area contributed by atoms with Crippen LogP contribution >= 0.6 is 11.6 Å². The number of fused-ring (bicyclic) bond motifs is 4. The molecular formula is C11H12ClFN2O3. The molecule has 0 saturated carbocycles. The summed E-state index contributed by atoms with van der Waals surface area (Å²) in [6.07, 6.45) is -0.621. The molecule has 3 rings (SSSR count). The average molecular weight is 275 g/mol. The smallest absolute Gasteiger partial charge is 0.302 e. The molecule has 1 aromatic rings. The van der Waals surface area contributed by atoms with Crippen LogP contribution in [0.4, 0.5) is 4.39 Å². The SMILES string of the molecule is C[C@H]1[C@H](F)C2O[C@]1(CCl)COc1nc(=O)ccn12. The van der Waals surface area contributed by atoms with Gasteiger partial charge in [-0.3, -0.25) is 9.36 Å².